The predicted molar refractivity (Wildman–Crippen MR) is 62.4 cm³/mol. The van der Waals surface area contributed by atoms with Crippen LogP contribution in [0.15, 0.2) is 0 Å². The van der Waals surface area contributed by atoms with Crippen molar-refractivity contribution >= 4 is 12.0 Å². The standard InChI is InChI=1S/C11H19N3O3/c1-5-14(11(2,3)9(15)16)10(17)13(4)8-6-7-12/h5-6,8H2,1-4H3,(H,15,16). The van der Waals surface area contributed by atoms with E-state index in [2.05, 4.69) is 0 Å². The number of hydrogen-bond acceptors (Lipinski definition) is 3. The lowest BCUT2D eigenvalue weighted by molar-refractivity contribution is -0.147. The van der Waals surface area contributed by atoms with Crippen molar-refractivity contribution in [3.8, 4) is 6.07 Å². The van der Waals surface area contributed by atoms with Gasteiger partial charge in [0.05, 0.1) is 12.5 Å². The van der Waals surface area contributed by atoms with Gasteiger partial charge in [0, 0.05) is 20.1 Å². The minimum Gasteiger partial charge on any atom is -0.480 e. The zero-order valence-electron chi connectivity index (χ0n) is 10.7. The van der Waals surface area contributed by atoms with Crippen LogP contribution in [-0.2, 0) is 4.79 Å². The Bertz CT molecular complexity index is 333. The summed E-state index contributed by atoms with van der Waals surface area (Å²) in [4.78, 5) is 25.7. The number of rotatable bonds is 5. The monoisotopic (exact) mass is 241 g/mol. The SMILES string of the molecule is CCN(C(=O)N(C)CCC#N)C(C)(C)C(=O)O. The smallest absolute Gasteiger partial charge is 0.329 e. The molecule has 0 fully saturated rings. The minimum absolute atomic E-state index is 0.229. The van der Waals surface area contributed by atoms with Gasteiger partial charge in [-0.05, 0) is 20.8 Å². The summed E-state index contributed by atoms with van der Waals surface area (Å²) in [5.41, 5.74) is -1.26. The molecule has 0 aliphatic heterocycles. The van der Waals surface area contributed by atoms with Crippen molar-refractivity contribution in [2.45, 2.75) is 32.7 Å². The third-order valence-electron chi connectivity index (χ3n) is 2.63. The molecule has 96 valence electrons. The Morgan fingerprint density at radius 1 is 1.41 bits per heavy atom. The Kier molecular flexibility index (Phi) is 5.45. The summed E-state index contributed by atoms with van der Waals surface area (Å²) in [7, 11) is 1.56. The van der Waals surface area contributed by atoms with E-state index in [0.717, 1.165) is 0 Å². The van der Waals surface area contributed by atoms with E-state index in [1.165, 1.54) is 23.6 Å². The molecule has 6 heteroatoms. The van der Waals surface area contributed by atoms with E-state index in [1.807, 2.05) is 6.07 Å². The molecule has 0 radical (unpaired) electrons. The van der Waals surface area contributed by atoms with E-state index >= 15 is 0 Å². The number of hydrogen-bond donors (Lipinski definition) is 1. The average molecular weight is 241 g/mol. The molecule has 0 bridgehead atoms. The summed E-state index contributed by atoms with van der Waals surface area (Å²) in [6, 6.07) is 1.56. The summed E-state index contributed by atoms with van der Waals surface area (Å²) < 4.78 is 0. The molecule has 0 unspecified atom stereocenters. The molecule has 0 aliphatic carbocycles. The zero-order chi connectivity index (χ0) is 13.6. The van der Waals surface area contributed by atoms with Crippen LogP contribution in [0, 0.1) is 11.3 Å². The maximum Gasteiger partial charge on any atom is 0.329 e. The van der Waals surface area contributed by atoms with E-state index in [-0.39, 0.29) is 12.5 Å². The van der Waals surface area contributed by atoms with Crippen molar-refractivity contribution in [1.82, 2.24) is 9.80 Å². The van der Waals surface area contributed by atoms with E-state index in [0.29, 0.717) is 13.1 Å². The van der Waals surface area contributed by atoms with E-state index < -0.39 is 11.5 Å². The second-order valence-electron chi connectivity index (χ2n) is 4.22. The average Bonchev–Trinajstić information content (AvgIpc) is 2.25. The maximum absolute atomic E-state index is 12.0. The number of carboxylic acids is 1. The number of urea groups is 1. The minimum atomic E-state index is -1.26. The molecule has 0 heterocycles. The van der Waals surface area contributed by atoms with Crippen LogP contribution in [0.25, 0.3) is 0 Å². The van der Waals surface area contributed by atoms with Gasteiger partial charge in [-0.1, -0.05) is 0 Å². The van der Waals surface area contributed by atoms with Crippen molar-refractivity contribution in [1.29, 1.82) is 5.26 Å². The fraction of sp³-hybridized carbons (Fsp3) is 0.727. The molecule has 1 N–H and O–H groups in total. The molecule has 0 saturated heterocycles. The predicted octanol–water partition coefficient (Wildman–Crippen LogP) is 1.14. The first kappa shape index (κ1) is 15.2. The second kappa shape index (κ2) is 6.09. The highest BCUT2D eigenvalue weighted by molar-refractivity contribution is 5.85. The highest BCUT2D eigenvalue weighted by atomic mass is 16.4. The number of likely N-dealkylation sites (N-methyl/N-ethyl adjacent to an activating group) is 1. The molecule has 0 rings (SSSR count). The summed E-state index contributed by atoms with van der Waals surface area (Å²) in [5, 5.41) is 17.5. The Labute approximate surface area is 101 Å². The third kappa shape index (κ3) is 3.63. The Hall–Kier alpha value is -1.77. The van der Waals surface area contributed by atoms with E-state index in [9.17, 15) is 9.59 Å². The Balaban J connectivity index is 4.84. The molecule has 0 aromatic heterocycles. The van der Waals surface area contributed by atoms with Crippen molar-refractivity contribution in [3.05, 3.63) is 0 Å². The van der Waals surface area contributed by atoms with Crippen LogP contribution in [0.4, 0.5) is 4.79 Å². The highest BCUT2D eigenvalue weighted by Crippen LogP contribution is 2.16. The van der Waals surface area contributed by atoms with Crippen LogP contribution in [0.1, 0.15) is 27.2 Å². The third-order valence-corrected chi connectivity index (χ3v) is 2.63. The van der Waals surface area contributed by atoms with Crippen LogP contribution in [0.2, 0.25) is 0 Å². The number of amides is 2. The molecule has 2 amide bonds. The molecule has 0 aromatic carbocycles. The molecule has 0 aromatic rings. The van der Waals surface area contributed by atoms with Gasteiger partial charge in [0.1, 0.15) is 5.54 Å². The lowest BCUT2D eigenvalue weighted by Crippen LogP contribution is -2.56. The van der Waals surface area contributed by atoms with Gasteiger partial charge in [0.25, 0.3) is 0 Å². The second-order valence-corrected chi connectivity index (χ2v) is 4.22. The molecule has 0 atom stereocenters. The molecule has 0 aliphatic rings. The zero-order valence-corrected chi connectivity index (χ0v) is 10.7. The molecule has 17 heavy (non-hydrogen) atoms. The Morgan fingerprint density at radius 3 is 2.29 bits per heavy atom. The van der Waals surface area contributed by atoms with Gasteiger partial charge in [-0.15, -0.1) is 0 Å². The van der Waals surface area contributed by atoms with E-state index in [4.69, 9.17) is 10.4 Å². The molecular weight excluding hydrogens is 222 g/mol. The number of nitriles is 1. The summed E-state index contributed by atoms with van der Waals surface area (Å²) in [6.45, 7) is 5.28. The first-order valence-corrected chi connectivity index (χ1v) is 5.42. The van der Waals surface area contributed by atoms with Gasteiger partial charge in [0.2, 0.25) is 0 Å². The lowest BCUT2D eigenvalue weighted by Gasteiger charge is -2.36. The van der Waals surface area contributed by atoms with Gasteiger partial charge in [0.15, 0.2) is 0 Å². The molecular formula is C11H19N3O3. The summed E-state index contributed by atoms with van der Waals surface area (Å²) in [5.74, 6) is -1.05. The van der Waals surface area contributed by atoms with Crippen LogP contribution >= 0.6 is 0 Å². The van der Waals surface area contributed by atoms with Crippen LogP contribution < -0.4 is 0 Å². The number of carbonyl (C=O) groups excluding carboxylic acids is 1. The van der Waals surface area contributed by atoms with Crippen LogP contribution in [0.5, 0.6) is 0 Å². The van der Waals surface area contributed by atoms with Crippen molar-refractivity contribution in [3.63, 3.8) is 0 Å². The van der Waals surface area contributed by atoms with Crippen molar-refractivity contribution in [2.75, 3.05) is 20.1 Å². The van der Waals surface area contributed by atoms with E-state index in [1.54, 1.807) is 14.0 Å². The van der Waals surface area contributed by atoms with Gasteiger partial charge in [-0.25, -0.2) is 9.59 Å². The number of aliphatic carboxylic acids is 1. The summed E-state index contributed by atoms with van der Waals surface area (Å²) in [6.07, 6.45) is 0.229. The first-order valence-electron chi connectivity index (χ1n) is 5.42. The summed E-state index contributed by atoms with van der Waals surface area (Å²) >= 11 is 0. The fourth-order valence-corrected chi connectivity index (χ4v) is 1.40. The maximum atomic E-state index is 12.0. The number of carbonyl (C=O) groups is 2. The van der Waals surface area contributed by atoms with Crippen LogP contribution in [-0.4, -0.2) is 52.6 Å². The van der Waals surface area contributed by atoms with Gasteiger partial charge in [-0.3, -0.25) is 0 Å². The number of nitrogens with zero attached hydrogens (tertiary/aromatic N) is 3. The Morgan fingerprint density at radius 2 is 1.94 bits per heavy atom. The molecule has 0 spiro atoms. The quantitative estimate of drug-likeness (QED) is 0.782. The van der Waals surface area contributed by atoms with Gasteiger partial charge in [-0.2, -0.15) is 5.26 Å². The molecule has 6 nitrogen and oxygen atoms in total. The first-order chi connectivity index (χ1) is 7.78. The number of carboxylic acid groups (broad SMARTS) is 1. The molecule has 0 saturated carbocycles. The van der Waals surface area contributed by atoms with Crippen molar-refractivity contribution < 1.29 is 14.7 Å². The van der Waals surface area contributed by atoms with Gasteiger partial charge < -0.3 is 14.9 Å². The van der Waals surface area contributed by atoms with Crippen molar-refractivity contribution in [2.24, 2.45) is 0 Å². The normalized spacial score (nSPS) is 10.5. The highest BCUT2D eigenvalue weighted by Gasteiger charge is 2.37. The van der Waals surface area contributed by atoms with Gasteiger partial charge >= 0.3 is 12.0 Å². The fourth-order valence-electron chi connectivity index (χ4n) is 1.40. The largest absolute Gasteiger partial charge is 0.480 e. The topological polar surface area (TPSA) is 84.6 Å². The van der Waals surface area contributed by atoms with Crippen LogP contribution in [0.3, 0.4) is 0 Å². The lowest BCUT2D eigenvalue weighted by atomic mass is 10.0.